The third-order valence-electron chi connectivity index (χ3n) is 2.03. The Morgan fingerprint density at radius 3 is 2.75 bits per heavy atom. The molecule has 0 fully saturated rings. The minimum atomic E-state index is -0.252. The van der Waals surface area contributed by atoms with Crippen molar-refractivity contribution < 1.29 is 4.39 Å². The van der Waals surface area contributed by atoms with E-state index in [1.165, 1.54) is 12.1 Å². The van der Waals surface area contributed by atoms with E-state index in [0.717, 1.165) is 10.2 Å². The molecule has 0 aliphatic carbocycles. The Morgan fingerprint density at radius 1 is 1.25 bits per heavy atom. The second-order valence-electron chi connectivity index (χ2n) is 3.49. The fourth-order valence-corrected chi connectivity index (χ4v) is 1.78. The molecule has 0 bridgehead atoms. The molecule has 0 aliphatic rings. The van der Waals surface area contributed by atoms with Gasteiger partial charge in [-0.05, 0) is 58.7 Å². The SMILES string of the molecule is Cc1cc(F)cc(Nc2cccc(Br)n2)c1. The van der Waals surface area contributed by atoms with Gasteiger partial charge in [0.1, 0.15) is 16.2 Å². The van der Waals surface area contributed by atoms with Crippen LogP contribution in [-0.2, 0) is 0 Å². The van der Waals surface area contributed by atoms with Gasteiger partial charge < -0.3 is 5.32 Å². The Bertz CT molecular complexity index is 494. The van der Waals surface area contributed by atoms with Gasteiger partial charge in [-0.2, -0.15) is 0 Å². The summed E-state index contributed by atoms with van der Waals surface area (Å²) in [5.74, 6) is 0.428. The van der Waals surface area contributed by atoms with E-state index >= 15 is 0 Å². The molecule has 2 rings (SSSR count). The van der Waals surface area contributed by atoms with Gasteiger partial charge in [0.25, 0.3) is 0 Å². The number of anilines is 2. The summed E-state index contributed by atoms with van der Waals surface area (Å²) >= 11 is 3.28. The molecule has 0 saturated heterocycles. The summed E-state index contributed by atoms with van der Waals surface area (Å²) < 4.78 is 13.9. The highest BCUT2D eigenvalue weighted by Crippen LogP contribution is 2.19. The van der Waals surface area contributed by atoms with Gasteiger partial charge in [-0.3, -0.25) is 0 Å². The maximum Gasteiger partial charge on any atom is 0.131 e. The number of aryl methyl sites for hydroxylation is 1. The third kappa shape index (κ3) is 2.79. The number of rotatable bonds is 2. The van der Waals surface area contributed by atoms with Crippen LogP contribution in [0.1, 0.15) is 5.56 Å². The minimum Gasteiger partial charge on any atom is -0.340 e. The predicted molar refractivity (Wildman–Crippen MR) is 66.4 cm³/mol. The molecule has 0 aliphatic heterocycles. The van der Waals surface area contributed by atoms with E-state index in [9.17, 15) is 4.39 Å². The predicted octanol–water partition coefficient (Wildman–Crippen LogP) is 4.04. The highest BCUT2D eigenvalue weighted by Gasteiger charge is 2.00. The fraction of sp³-hybridized carbons (Fsp3) is 0.0833. The summed E-state index contributed by atoms with van der Waals surface area (Å²) in [6.07, 6.45) is 0. The Balaban J connectivity index is 2.27. The van der Waals surface area contributed by atoms with E-state index in [1.807, 2.05) is 31.2 Å². The van der Waals surface area contributed by atoms with E-state index in [0.29, 0.717) is 11.5 Å². The highest BCUT2D eigenvalue weighted by atomic mass is 79.9. The topological polar surface area (TPSA) is 24.9 Å². The van der Waals surface area contributed by atoms with E-state index in [2.05, 4.69) is 26.2 Å². The molecule has 0 spiro atoms. The van der Waals surface area contributed by atoms with Crippen molar-refractivity contribution >= 4 is 27.4 Å². The molecule has 0 unspecified atom stereocenters. The lowest BCUT2D eigenvalue weighted by atomic mass is 10.2. The molecule has 0 saturated carbocycles. The van der Waals surface area contributed by atoms with E-state index in [-0.39, 0.29) is 5.82 Å². The number of hydrogen-bond donors (Lipinski definition) is 1. The summed E-state index contributed by atoms with van der Waals surface area (Å²) in [7, 11) is 0. The van der Waals surface area contributed by atoms with Crippen molar-refractivity contribution in [3.63, 3.8) is 0 Å². The molecule has 1 heterocycles. The molecule has 0 radical (unpaired) electrons. The van der Waals surface area contributed by atoms with Gasteiger partial charge in [0.2, 0.25) is 0 Å². The van der Waals surface area contributed by atoms with Crippen LogP contribution in [0.4, 0.5) is 15.9 Å². The van der Waals surface area contributed by atoms with Crippen LogP contribution in [0.3, 0.4) is 0 Å². The van der Waals surface area contributed by atoms with Crippen LogP contribution >= 0.6 is 15.9 Å². The Labute approximate surface area is 102 Å². The number of benzene rings is 1. The first kappa shape index (κ1) is 11.1. The number of pyridine rings is 1. The van der Waals surface area contributed by atoms with Crippen LogP contribution in [0.2, 0.25) is 0 Å². The first-order valence-electron chi connectivity index (χ1n) is 4.80. The monoisotopic (exact) mass is 280 g/mol. The average molecular weight is 281 g/mol. The van der Waals surface area contributed by atoms with Gasteiger partial charge in [0.05, 0.1) is 0 Å². The van der Waals surface area contributed by atoms with Crippen molar-refractivity contribution in [2.45, 2.75) is 6.92 Å². The first-order valence-corrected chi connectivity index (χ1v) is 5.59. The summed E-state index contributed by atoms with van der Waals surface area (Å²) in [5.41, 5.74) is 1.57. The fourth-order valence-electron chi connectivity index (χ4n) is 1.43. The summed E-state index contributed by atoms with van der Waals surface area (Å²) in [6.45, 7) is 1.85. The Hall–Kier alpha value is -1.42. The van der Waals surface area contributed by atoms with Crippen LogP contribution in [0.25, 0.3) is 0 Å². The van der Waals surface area contributed by atoms with Crippen molar-refractivity contribution in [2.75, 3.05) is 5.32 Å². The van der Waals surface area contributed by atoms with Gasteiger partial charge in [-0.25, -0.2) is 9.37 Å². The second-order valence-corrected chi connectivity index (χ2v) is 4.30. The van der Waals surface area contributed by atoms with Crippen LogP contribution in [0.5, 0.6) is 0 Å². The van der Waals surface area contributed by atoms with Gasteiger partial charge in [0, 0.05) is 5.69 Å². The Morgan fingerprint density at radius 2 is 2.06 bits per heavy atom. The van der Waals surface area contributed by atoms with Gasteiger partial charge in [0.15, 0.2) is 0 Å². The largest absolute Gasteiger partial charge is 0.340 e. The molecule has 2 nitrogen and oxygen atoms in total. The van der Waals surface area contributed by atoms with E-state index < -0.39 is 0 Å². The number of aromatic nitrogens is 1. The standard InChI is InChI=1S/C12H10BrFN2/c1-8-5-9(14)7-10(6-8)15-12-4-2-3-11(13)16-12/h2-7H,1H3,(H,15,16). The average Bonchev–Trinajstić information content (AvgIpc) is 2.15. The third-order valence-corrected chi connectivity index (χ3v) is 2.47. The molecule has 1 aromatic carbocycles. The quantitative estimate of drug-likeness (QED) is 0.840. The Kier molecular flexibility index (Phi) is 3.19. The molecule has 1 aromatic heterocycles. The molecule has 2 aromatic rings. The lowest BCUT2D eigenvalue weighted by Gasteiger charge is -2.06. The zero-order valence-corrected chi connectivity index (χ0v) is 10.3. The zero-order valence-electron chi connectivity index (χ0n) is 8.67. The van der Waals surface area contributed by atoms with Crippen molar-refractivity contribution in [1.29, 1.82) is 0 Å². The van der Waals surface area contributed by atoms with Crippen molar-refractivity contribution in [3.05, 3.63) is 52.4 Å². The van der Waals surface area contributed by atoms with Gasteiger partial charge in [-0.1, -0.05) is 6.07 Å². The molecule has 4 heteroatoms. The van der Waals surface area contributed by atoms with Gasteiger partial charge >= 0.3 is 0 Å². The number of hydrogen-bond acceptors (Lipinski definition) is 2. The van der Waals surface area contributed by atoms with Gasteiger partial charge in [-0.15, -0.1) is 0 Å². The van der Waals surface area contributed by atoms with E-state index in [4.69, 9.17) is 0 Å². The van der Waals surface area contributed by atoms with Crippen LogP contribution in [0.15, 0.2) is 41.0 Å². The number of nitrogens with one attached hydrogen (secondary N) is 1. The van der Waals surface area contributed by atoms with E-state index in [1.54, 1.807) is 0 Å². The molecule has 0 amide bonds. The summed E-state index contributed by atoms with van der Waals surface area (Å²) in [6, 6.07) is 10.3. The smallest absolute Gasteiger partial charge is 0.131 e. The normalized spacial score (nSPS) is 10.2. The molecule has 1 N–H and O–H groups in total. The molecule has 16 heavy (non-hydrogen) atoms. The lowest BCUT2D eigenvalue weighted by molar-refractivity contribution is 0.627. The lowest BCUT2D eigenvalue weighted by Crippen LogP contribution is -1.94. The maximum atomic E-state index is 13.1. The minimum absolute atomic E-state index is 0.252. The van der Waals surface area contributed by atoms with Crippen molar-refractivity contribution in [2.24, 2.45) is 0 Å². The number of halogens is 2. The maximum absolute atomic E-state index is 13.1. The first-order chi connectivity index (χ1) is 7.63. The molecule has 82 valence electrons. The summed E-state index contributed by atoms with van der Waals surface area (Å²) in [4.78, 5) is 4.21. The van der Waals surface area contributed by atoms with Crippen LogP contribution < -0.4 is 5.32 Å². The highest BCUT2D eigenvalue weighted by molar-refractivity contribution is 9.10. The molecule has 0 atom stereocenters. The summed E-state index contributed by atoms with van der Waals surface area (Å²) in [5, 5.41) is 3.05. The number of nitrogens with zero attached hydrogens (tertiary/aromatic N) is 1. The van der Waals surface area contributed by atoms with Crippen molar-refractivity contribution in [1.82, 2.24) is 4.98 Å². The molecular weight excluding hydrogens is 271 g/mol. The molecular formula is C12H10BrFN2. The van der Waals surface area contributed by atoms with Crippen molar-refractivity contribution in [3.8, 4) is 0 Å². The zero-order chi connectivity index (χ0) is 11.5. The second kappa shape index (κ2) is 4.61. The van der Waals surface area contributed by atoms with Crippen LogP contribution in [-0.4, -0.2) is 4.98 Å². The van der Waals surface area contributed by atoms with Crippen LogP contribution in [0, 0.1) is 12.7 Å².